The lowest BCUT2D eigenvalue weighted by molar-refractivity contribution is 0.408. The summed E-state index contributed by atoms with van der Waals surface area (Å²) in [5.74, 6) is 1.55. The summed E-state index contributed by atoms with van der Waals surface area (Å²) in [6.45, 7) is 4.14. The zero-order chi connectivity index (χ0) is 14.9. The second-order valence-electron chi connectivity index (χ2n) is 5.39. The first-order valence-corrected chi connectivity index (χ1v) is 6.69. The molecule has 0 saturated carbocycles. The van der Waals surface area contributed by atoms with E-state index < -0.39 is 0 Å². The van der Waals surface area contributed by atoms with Gasteiger partial charge in [0.15, 0.2) is 5.82 Å². The quantitative estimate of drug-likeness (QED) is 0.797. The summed E-state index contributed by atoms with van der Waals surface area (Å²) in [6.07, 6.45) is 1.63. The molecule has 1 aromatic carbocycles. The molecule has 0 bridgehead atoms. The zero-order valence-corrected chi connectivity index (χ0v) is 11.9. The smallest absolute Gasteiger partial charge is 0.259 e. The highest BCUT2D eigenvalue weighted by Gasteiger charge is 2.29. The first-order valence-electron chi connectivity index (χ1n) is 6.69. The highest BCUT2D eigenvalue weighted by atomic mass is 16.5. The normalized spacial score (nSPS) is 11.5. The summed E-state index contributed by atoms with van der Waals surface area (Å²) in [7, 11) is 0. The Balaban J connectivity index is 1.96. The van der Waals surface area contributed by atoms with Crippen LogP contribution in [0.25, 0.3) is 11.5 Å². The molecule has 0 unspecified atom stereocenters. The molecule has 5 nitrogen and oxygen atoms in total. The molecule has 2 aromatic heterocycles. The van der Waals surface area contributed by atoms with Crippen LogP contribution in [0, 0.1) is 0 Å². The maximum atomic E-state index is 5.58. The Morgan fingerprint density at radius 3 is 2.48 bits per heavy atom. The highest BCUT2D eigenvalue weighted by molar-refractivity contribution is 5.53. The first kappa shape index (κ1) is 13.3. The molecule has 0 radical (unpaired) electrons. The van der Waals surface area contributed by atoms with Crippen LogP contribution < -0.4 is 5.73 Å². The van der Waals surface area contributed by atoms with Gasteiger partial charge in [0.2, 0.25) is 0 Å². The summed E-state index contributed by atoms with van der Waals surface area (Å²) in [5.41, 5.74) is 7.14. The van der Waals surface area contributed by atoms with Crippen LogP contribution in [0.5, 0.6) is 0 Å². The zero-order valence-electron chi connectivity index (χ0n) is 11.9. The molecule has 5 heteroatoms. The molecule has 0 amide bonds. The lowest BCUT2D eigenvalue weighted by atomic mass is 9.84. The van der Waals surface area contributed by atoms with Crippen molar-refractivity contribution in [3.63, 3.8) is 0 Å². The number of hydrogen-bond donors (Lipinski definition) is 1. The molecule has 2 N–H and O–H groups in total. The molecular formula is C16H16N4O. The minimum Gasteiger partial charge on any atom is -0.384 e. The number of hydrogen-bond acceptors (Lipinski definition) is 5. The van der Waals surface area contributed by atoms with Gasteiger partial charge in [0.05, 0.1) is 11.0 Å². The molecule has 0 atom stereocenters. The van der Waals surface area contributed by atoms with E-state index in [1.165, 1.54) is 0 Å². The lowest BCUT2D eigenvalue weighted by Gasteiger charge is -2.20. The molecular weight excluding hydrogens is 264 g/mol. The molecule has 0 aliphatic rings. The van der Waals surface area contributed by atoms with Crippen molar-refractivity contribution in [1.29, 1.82) is 0 Å². The fraction of sp³-hybridized carbons (Fsp3) is 0.188. The molecule has 0 spiro atoms. The number of pyridine rings is 1. The van der Waals surface area contributed by atoms with E-state index >= 15 is 0 Å². The number of benzene rings is 1. The maximum Gasteiger partial charge on any atom is 0.259 e. The van der Waals surface area contributed by atoms with E-state index in [0.717, 1.165) is 11.1 Å². The van der Waals surface area contributed by atoms with Crippen LogP contribution in [0.15, 0.2) is 53.2 Å². The Labute approximate surface area is 122 Å². The van der Waals surface area contributed by atoms with Gasteiger partial charge in [-0.25, -0.2) is 4.98 Å². The summed E-state index contributed by atoms with van der Waals surface area (Å²) < 4.78 is 5.36. The Kier molecular flexibility index (Phi) is 3.17. The van der Waals surface area contributed by atoms with Crippen LogP contribution in [-0.2, 0) is 5.41 Å². The van der Waals surface area contributed by atoms with E-state index in [9.17, 15) is 0 Å². The average Bonchev–Trinajstić information content (AvgIpc) is 2.99. The van der Waals surface area contributed by atoms with Crippen LogP contribution in [-0.4, -0.2) is 15.1 Å². The van der Waals surface area contributed by atoms with Crippen molar-refractivity contribution in [3.05, 3.63) is 60.0 Å². The molecule has 0 fully saturated rings. The van der Waals surface area contributed by atoms with Gasteiger partial charge in [-0.2, -0.15) is 4.98 Å². The van der Waals surface area contributed by atoms with Gasteiger partial charge in [0.1, 0.15) is 5.82 Å². The van der Waals surface area contributed by atoms with E-state index in [0.29, 0.717) is 17.5 Å². The number of rotatable bonds is 3. The van der Waals surface area contributed by atoms with Gasteiger partial charge in [-0.1, -0.05) is 35.5 Å². The molecule has 3 rings (SSSR count). The third-order valence-corrected chi connectivity index (χ3v) is 3.51. The van der Waals surface area contributed by atoms with Gasteiger partial charge in [-0.05, 0) is 31.5 Å². The standard InChI is InChI=1S/C16H16N4O/c1-16(2,12-6-4-3-5-7-12)15-19-14(21-20-15)11-8-9-13(17)18-10-11/h3-10H,1-2H3,(H2,17,18). The van der Waals surface area contributed by atoms with E-state index in [1.54, 1.807) is 12.3 Å². The minimum atomic E-state index is -0.329. The Morgan fingerprint density at radius 1 is 1.05 bits per heavy atom. The topological polar surface area (TPSA) is 77.8 Å². The fourth-order valence-electron chi connectivity index (χ4n) is 2.11. The van der Waals surface area contributed by atoms with Gasteiger partial charge in [-0.3, -0.25) is 0 Å². The number of nitrogens with two attached hydrogens (primary N) is 1. The van der Waals surface area contributed by atoms with Crippen molar-refractivity contribution in [2.45, 2.75) is 19.3 Å². The summed E-state index contributed by atoms with van der Waals surface area (Å²) >= 11 is 0. The molecule has 0 saturated heterocycles. The van der Waals surface area contributed by atoms with E-state index in [1.807, 2.05) is 24.3 Å². The fourth-order valence-corrected chi connectivity index (χ4v) is 2.11. The van der Waals surface area contributed by atoms with E-state index in [4.69, 9.17) is 10.3 Å². The van der Waals surface area contributed by atoms with Crippen LogP contribution in [0.2, 0.25) is 0 Å². The third kappa shape index (κ3) is 2.50. The molecule has 2 heterocycles. The molecule has 3 aromatic rings. The summed E-state index contributed by atoms with van der Waals surface area (Å²) in [6, 6.07) is 13.6. The van der Waals surface area contributed by atoms with Gasteiger partial charge in [-0.15, -0.1) is 0 Å². The SMILES string of the molecule is CC(C)(c1ccccc1)c1noc(-c2ccc(N)nc2)n1. The minimum absolute atomic E-state index is 0.329. The number of nitrogens with zero attached hydrogens (tertiary/aromatic N) is 3. The van der Waals surface area contributed by atoms with E-state index in [2.05, 4.69) is 41.1 Å². The number of anilines is 1. The third-order valence-electron chi connectivity index (χ3n) is 3.51. The predicted octanol–water partition coefficient (Wildman–Crippen LogP) is 3.04. The Bertz CT molecular complexity index is 732. The maximum absolute atomic E-state index is 5.58. The largest absolute Gasteiger partial charge is 0.384 e. The summed E-state index contributed by atoms with van der Waals surface area (Å²) in [5, 5.41) is 4.12. The van der Waals surface area contributed by atoms with Crippen molar-refractivity contribution in [2.75, 3.05) is 5.73 Å². The molecule has 0 aliphatic heterocycles. The van der Waals surface area contributed by atoms with Crippen molar-refractivity contribution >= 4 is 5.82 Å². The number of nitrogen functional groups attached to an aromatic ring is 1. The van der Waals surface area contributed by atoms with Crippen molar-refractivity contribution in [3.8, 4) is 11.5 Å². The van der Waals surface area contributed by atoms with Gasteiger partial charge in [0, 0.05) is 6.20 Å². The highest BCUT2D eigenvalue weighted by Crippen LogP contribution is 2.30. The number of aromatic nitrogens is 3. The second-order valence-corrected chi connectivity index (χ2v) is 5.39. The van der Waals surface area contributed by atoms with Gasteiger partial charge < -0.3 is 10.3 Å². The second kappa shape index (κ2) is 5.01. The molecule has 106 valence electrons. The van der Waals surface area contributed by atoms with E-state index in [-0.39, 0.29) is 5.41 Å². The molecule has 0 aliphatic carbocycles. The Hall–Kier alpha value is -2.69. The van der Waals surface area contributed by atoms with Crippen molar-refractivity contribution in [2.24, 2.45) is 0 Å². The lowest BCUT2D eigenvalue weighted by Crippen LogP contribution is -2.20. The van der Waals surface area contributed by atoms with Crippen molar-refractivity contribution in [1.82, 2.24) is 15.1 Å². The van der Waals surface area contributed by atoms with Crippen LogP contribution >= 0.6 is 0 Å². The Morgan fingerprint density at radius 2 is 1.81 bits per heavy atom. The molecule has 21 heavy (non-hydrogen) atoms. The predicted molar refractivity (Wildman–Crippen MR) is 80.5 cm³/mol. The van der Waals surface area contributed by atoms with Crippen LogP contribution in [0.3, 0.4) is 0 Å². The average molecular weight is 280 g/mol. The van der Waals surface area contributed by atoms with Crippen LogP contribution in [0.4, 0.5) is 5.82 Å². The van der Waals surface area contributed by atoms with Crippen molar-refractivity contribution < 1.29 is 4.52 Å². The van der Waals surface area contributed by atoms with Crippen LogP contribution in [0.1, 0.15) is 25.2 Å². The summed E-state index contributed by atoms with van der Waals surface area (Å²) in [4.78, 5) is 8.53. The van der Waals surface area contributed by atoms with Gasteiger partial charge >= 0.3 is 0 Å². The first-order chi connectivity index (χ1) is 10.1. The monoisotopic (exact) mass is 280 g/mol. The van der Waals surface area contributed by atoms with Gasteiger partial charge in [0.25, 0.3) is 5.89 Å².